The number of likely N-dealkylation sites (N-methyl/N-ethyl adjacent to an activating group) is 3. The van der Waals surface area contributed by atoms with Crippen molar-refractivity contribution in [3.63, 3.8) is 0 Å². The number of nitrogens with zero attached hydrogens (tertiary/aromatic N) is 3. The normalized spacial score (nSPS) is 23.8. The lowest BCUT2D eigenvalue weighted by atomic mass is 10.0. The van der Waals surface area contributed by atoms with Crippen LogP contribution in [-0.4, -0.2) is 67.6 Å². The molecule has 1 fully saturated rings. The van der Waals surface area contributed by atoms with Gasteiger partial charge in [-0.25, -0.2) is 4.98 Å². The van der Waals surface area contributed by atoms with Crippen LogP contribution in [0.15, 0.2) is 0 Å². The lowest BCUT2D eigenvalue weighted by molar-refractivity contribution is 0.181. The number of rotatable bonds is 4. The molecule has 0 saturated carbocycles. The van der Waals surface area contributed by atoms with Gasteiger partial charge in [0.05, 0.1) is 10.7 Å². The highest BCUT2D eigenvalue weighted by atomic mass is 32.1. The SMILES string of the molecule is CNC(Cc1nc(C)c(C)s1)C1CN(C)CCCN1C. The largest absolute Gasteiger partial charge is 0.315 e. The van der Waals surface area contributed by atoms with Gasteiger partial charge >= 0.3 is 0 Å². The summed E-state index contributed by atoms with van der Waals surface area (Å²) in [6.45, 7) is 7.78. The smallest absolute Gasteiger partial charge is 0.0947 e. The van der Waals surface area contributed by atoms with E-state index >= 15 is 0 Å². The molecule has 2 atom stereocenters. The molecule has 5 heteroatoms. The fourth-order valence-corrected chi connectivity index (χ4v) is 3.98. The number of aromatic nitrogens is 1. The highest BCUT2D eigenvalue weighted by molar-refractivity contribution is 7.11. The van der Waals surface area contributed by atoms with Gasteiger partial charge in [0, 0.05) is 29.9 Å². The summed E-state index contributed by atoms with van der Waals surface area (Å²) in [5.74, 6) is 0. The molecule has 1 aliphatic rings. The molecule has 2 heterocycles. The fraction of sp³-hybridized carbons (Fsp3) is 0.800. The zero-order chi connectivity index (χ0) is 14.7. The third-order valence-electron chi connectivity index (χ3n) is 4.42. The summed E-state index contributed by atoms with van der Waals surface area (Å²) in [5.41, 5.74) is 1.19. The van der Waals surface area contributed by atoms with Gasteiger partial charge in [-0.15, -0.1) is 11.3 Å². The minimum atomic E-state index is 0.463. The summed E-state index contributed by atoms with van der Waals surface area (Å²) in [6.07, 6.45) is 2.29. The van der Waals surface area contributed by atoms with Gasteiger partial charge in [-0.3, -0.25) is 0 Å². The second-order valence-electron chi connectivity index (χ2n) is 6.01. The van der Waals surface area contributed by atoms with Crippen molar-refractivity contribution in [1.29, 1.82) is 0 Å². The molecule has 2 rings (SSSR count). The highest BCUT2D eigenvalue weighted by Gasteiger charge is 2.28. The van der Waals surface area contributed by atoms with Gasteiger partial charge in [0.15, 0.2) is 0 Å². The average molecular weight is 296 g/mol. The van der Waals surface area contributed by atoms with E-state index in [1.54, 1.807) is 0 Å². The van der Waals surface area contributed by atoms with E-state index < -0.39 is 0 Å². The topological polar surface area (TPSA) is 31.4 Å². The van der Waals surface area contributed by atoms with Crippen molar-refractivity contribution in [1.82, 2.24) is 20.1 Å². The maximum atomic E-state index is 4.71. The molecule has 1 aromatic heterocycles. The van der Waals surface area contributed by atoms with Crippen LogP contribution in [0.4, 0.5) is 0 Å². The first-order valence-electron chi connectivity index (χ1n) is 7.50. The molecule has 0 bridgehead atoms. The van der Waals surface area contributed by atoms with E-state index in [1.165, 1.54) is 35.1 Å². The summed E-state index contributed by atoms with van der Waals surface area (Å²) in [4.78, 5) is 11.0. The third kappa shape index (κ3) is 3.79. The van der Waals surface area contributed by atoms with Crippen molar-refractivity contribution in [3.05, 3.63) is 15.6 Å². The van der Waals surface area contributed by atoms with Crippen molar-refractivity contribution in [3.8, 4) is 0 Å². The zero-order valence-corrected chi connectivity index (χ0v) is 14.3. The van der Waals surface area contributed by atoms with E-state index in [2.05, 4.69) is 50.1 Å². The van der Waals surface area contributed by atoms with Crippen LogP contribution in [0, 0.1) is 13.8 Å². The maximum absolute atomic E-state index is 4.71. The van der Waals surface area contributed by atoms with Gasteiger partial charge in [-0.05, 0) is 54.5 Å². The molecule has 0 amide bonds. The Morgan fingerprint density at radius 3 is 2.70 bits per heavy atom. The lowest BCUT2D eigenvalue weighted by Crippen LogP contribution is -2.52. The van der Waals surface area contributed by atoms with E-state index in [0.717, 1.165) is 13.0 Å². The van der Waals surface area contributed by atoms with Gasteiger partial charge in [0.2, 0.25) is 0 Å². The number of thiazole rings is 1. The summed E-state index contributed by atoms with van der Waals surface area (Å²) in [7, 11) is 6.57. The molecule has 1 aromatic rings. The summed E-state index contributed by atoms with van der Waals surface area (Å²) in [5, 5.41) is 4.79. The van der Waals surface area contributed by atoms with Gasteiger partial charge in [-0.2, -0.15) is 0 Å². The monoisotopic (exact) mass is 296 g/mol. The van der Waals surface area contributed by atoms with Crippen molar-refractivity contribution in [2.24, 2.45) is 0 Å². The zero-order valence-electron chi connectivity index (χ0n) is 13.4. The van der Waals surface area contributed by atoms with Crippen LogP contribution in [0.2, 0.25) is 0 Å². The highest BCUT2D eigenvalue weighted by Crippen LogP contribution is 2.20. The second kappa shape index (κ2) is 6.98. The van der Waals surface area contributed by atoms with E-state index in [0.29, 0.717) is 12.1 Å². The Morgan fingerprint density at radius 1 is 1.35 bits per heavy atom. The number of nitrogens with one attached hydrogen (secondary N) is 1. The van der Waals surface area contributed by atoms with E-state index in [1.807, 2.05) is 11.3 Å². The van der Waals surface area contributed by atoms with Gasteiger partial charge in [0.25, 0.3) is 0 Å². The second-order valence-corrected chi connectivity index (χ2v) is 7.30. The van der Waals surface area contributed by atoms with Gasteiger partial charge in [-0.1, -0.05) is 0 Å². The molecule has 114 valence electrons. The molecule has 0 radical (unpaired) electrons. The molecular formula is C15H28N4S. The molecule has 20 heavy (non-hydrogen) atoms. The first kappa shape index (κ1) is 15.9. The lowest BCUT2D eigenvalue weighted by Gasteiger charge is -2.34. The minimum Gasteiger partial charge on any atom is -0.315 e. The van der Waals surface area contributed by atoms with Crippen LogP contribution in [0.1, 0.15) is 22.0 Å². The molecule has 4 nitrogen and oxygen atoms in total. The van der Waals surface area contributed by atoms with E-state index in [-0.39, 0.29) is 0 Å². The molecule has 0 spiro atoms. The first-order chi connectivity index (χ1) is 9.51. The Labute approximate surface area is 127 Å². The number of aryl methyl sites for hydroxylation is 2. The Kier molecular flexibility index (Phi) is 5.55. The van der Waals surface area contributed by atoms with Crippen LogP contribution in [-0.2, 0) is 6.42 Å². The summed E-state index contributed by atoms with van der Waals surface area (Å²) in [6, 6.07) is 1.02. The molecule has 1 aliphatic heterocycles. The van der Waals surface area contributed by atoms with Crippen molar-refractivity contribution >= 4 is 11.3 Å². The molecule has 0 aliphatic carbocycles. The third-order valence-corrected chi connectivity index (χ3v) is 5.51. The fourth-order valence-electron chi connectivity index (χ4n) is 2.99. The molecule has 2 unspecified atom stereocenters. The van der Waals surface area contributed by atoms with Crippen LogP contribution in [0.5, 0.6) is 0 Å². The Bertz CT molecular complexity index is 412. The maximum Gasteiger partial charge on any atom is 0.0947 e. The van der Waals surface area contributed by atoms with Crippen LogP contribution in [0.25, 0.3) is 0 Å². The van der Waals surface area contributed by atoms with Crippen molar-refractivity contribution in [2.75, 3.05) is 40.8 Å². The van der Waals surface area contributed by atoms with Crippen LogP contribution < -0.4 is 5.32 Å². The summed E-state index contributed by atoms with van der Waals surface area (Å²) < 4.78 is 0. The Hall–Kier alpha value is -0.490. The Morgan fingerprint density at radius 2 is 2.10 bits per heavy atom. The number of hydrogen-bond donors (Lipinski definition) is 1. The molecule has 0 aromatic carbocycles. The summed E-state index contributed by atoms with van der Waals surface area (Å²) >= 11 is 1.85. The van der Waals surface area contributed by atoms with Gasteiger partial charge in [0.1, 0.15) is 0 Å². The van der Waals surface area contributed by atoms with Gasteiger partial charge < -0.3 is 15.1 Å². The minimum absolute atomic E-state index is 0.463. The molecular weight excluding hydrogens is 268 g/mol. The predicted octanol–water partition coefficient (Wildman–Crippen LogP) is 1.53. The number of hydrogen-bond acceptors (Lipinski definition) is 5. The standard InChI is InChI=1S/C15H28N4S/c1-11-12(2)20-15(17-11)9-13(16-3)14-10-18(4)7-6-8-19(14)5/h13-14,16H,6-10H2,1-5H3. The van der Waals surface area contributed by atoms with Crippen molar-refractivity contribution in [2.45, 2.75) is 38.8 Å². The van der Waals surface area contributed by atoms with E-state index in [4.69, 9.17) is 4.98 Å². The average Bonchev–Trinajstić information content (AvgIpc) is 2.61. The first-order valence-corrected chi connectivity index (χ1v) is 8.32. The van der Waals surface area contributed by atoms with E-state index in [9.17, 15) is 0 Å². The predicted molar refractivity (Wildman–Crippen MR) is 86.7 cm³/mol. The Balaban J connectivity index is 2.09. The van der Waals surface area contributed by atoms with Crippen LogP contribution >= 0.6 is 11.3 Å². The van der Waals surface area contributed by atoms with Crippen LogP contribution in [0.3, 0.4) is 0 Å². The quantitative estimate of drug-likeness (QED) is 0.913. The molecule has 1 N–H and O–H groups in total. The molecule has 1 saturated heterocycles. The van der Waals surface area contributed by atoms with Crippen molar-refractivity contribution < 1.29 is 0 Å².